The van der Waals surface area contributed by atoms with Crippen LogP contribution in [-0.4, -0.2) is 28.9 Å². The highest BCUT2D eigenvalue weighted by Crippen LogP contribution is 2.22. The molecule has 2 N–H and O–H groups in total. The van der Waals surface area contributed by atoms with Crippen molar-refractivity contribution in [1.29, 1.82) is 0 Å². The summed E-state index contributed by atoms with van der Waals surface area (Å²) in [7, 11) is 1.71. The second-order valence-electron chi connectivity index (χ2n) is 5.82. The topological polar surface area (TPSA) is 46.3 Å². The minimum absolute atomic E-state index is 0.0687. The second-order valence-corrected chi connectivity index (χ2v) is 6.29. The highest BCUT2D eigenvalue weighted by atomic mass is 32.1. The number of benzene rings is 1. The third-order valence-electron chi connectivity index (χ3n) is 3.31. The molecule has 0 bridgehead atoms. The molecule has 0 spiro atoms. The Bertz CT molecular complexity index is 474. The molecule has 1 aromatic carbocycles. The average Bonchev–Trinajstić information content (AvgIpc) is 2.35. The van der Waals surface area contributed by atoms with Crippen LogP contribution in [0.15, 0.2) is 24.3 Å². The van der Waals surface area contributed by atoms with Crippen LogP contribution in [0.1, 0.15) is 43.6 Å². The number of hydrogen-bond donors (Lipinski definition) is 1. The highest BCUT2D eigenvalue weighted by molar-refractivity contribution is 7.80. The van der Waals surface area contributed by atoms with Crippen LogP contribution in [0.2, 0.25) is 0 Å². The summed E-state index contributed by atoms with van der Waals surface area (Å²) in [6.45, 7) is 8.25. The van der Waals surface area contributed by atoms with Crippen molar-refractivity contribution in [3.05, 3.63) is 35.4 Å². The molecular formula is C15H22N2OS. The zero-order valence-corrected chi connectivity index (χ0v) is 13.0. The summed E-state index contributed by atoms with van der Waals surface area (Å²) in [6.07, 6.45) is 0. The Labute approximate surface area is 120 Å². The fourth-order valence-electron chi connectivity index (χ4n) is 1.68. The van der Waals surface area contributed by atoms with Crippen molar-refractivity contribution in [3.8, 4) is 0 Å². The van der Waals surface area contributed by atoms with Crippen molar-refractivity contribution in [2.45, 2.75) is 39.2 Å². The quantitative estimate of drug-likeness (QED) is 0.865. The lowest BCUT2D eigenvalue weighted by Crippen LogP contribution is -2.42. The van der Waals surface area contributed by atoms with E-state index in [9.17, 15) is 4.79 Å². The molecule has 0 heterocycles. The Balaban J connectivity index is 2.93. The Kier molecular flexibility index (Phi) is 4.69. The van der Waals surface area contributed by atoms with Crippen molar-refractivity contribution in [2.75, 3.05) is 7.05 Å². The summed E-state index contributed by atoms with van der Waals surface area (Å²) < 4.78 is 0. The predicted octanol–water partition coefficient (Wildman–Crippen LogP) is 2.73. The van der Waals surface area contributed by atoms with Crippen LogP contribution in [-0.2, 0) is 5.41 Å². The molecule has 1 amide bonds. The first-order valence-corrected chi connectivity index (χ1v) is 6.72. The van der Waals surface area contributed by atoms with Gasteiger partial charge in [0.2, 0.25) is 0 Å². The first-order chi connectivity index (χ1) is 8.64. The van der Waals surface area contributed by atoms with Crippen LogP contribution in [0.25, 0.3) is 0 Å². The minimum Gasteiger partial charge on any atom is -0.392 e. The lowest BCUT2D eigenvalue weighted by molar-refractivity contribution is 0.0779. The lowest BCUT2D eigenvalue weighted by atomic mass is 9.86. The molecule has 0 aliphatic carbocycles. The van der Waals surface area contributed by atoms with Crippen LogP contribution in [0.5, 0.6) is 0 Å². The maximum absolute atomic E-state index is 12.3. The third-order valence-corrected chi connectivity index (χ3v) is 3.65. The molecule has 0 fully saturated rings. The summed E-state index contributed by atoms with van der Waals surface area (Å²) in [5, 5.41) is 0. The zero-order valence-electron chi connectivity index (χ0n) is 12.2. The smallest absolute Gasteiger partial charge is 0.254 e. The van der Waals surface area contributed by atoms with Crippen molar-refractivity contribution in [3.63, 3.8) is 0 Å². The molecule has 0 saturated carbocycles. The van der Waals surface area contributed by atoms with E-state index in [-0.39, 0.29) is 17.4 Å². The van der Waals surface area contributed by atoms with E-state index in [0.29, 0.717) is 10.6 Å². The summed E-state index contributed by atoms with van der Waals surface area (Å²) in [4.78, 5) is 14.1. The number of hydrogen-bond acceptors (Lipinski definition) is 2. The molecule has 4 heteroatoms. The van der Waals surface area contributed by atoms with Gasteiger partial charge in [0, 0.05) is 12.6 Å². The highest BCUT2D eigenvalue weighted by Gasteiger charge is 2.20. The van der Waals surface area contributed by atoms with Crippen molar-refractivity contribution in [1.82, 2.24) is 4.90 Å². The molecule has 3 nitrogen and oxygen atoms in total. The number of carbonyl (C=O) groups is 1. The standard InChI is InChI=1S/C15H22N2OS/c1-10(13(16)19)17(5)14(18)11-6-8-12(9-7-11)15(2,3)4/h6-10H,1-5H3,(H2,16,19). The van der Waals surface area contributed by atoms with Gasteiger partial charge in [0.05, 0.1) is 11.0 Å². The number of nitrogens with two attached hydrogens (primary N) is 1. The van der Waals surface area contributed by atoms with Crippen molar-refractivity contribution >= 4 is 23.1 Å². The van der Waals surface area contributed by atoms with E-state index in [1.54, 1.807) is 11.9 Å². The van der Waals surface area contributed by atoms with Crippen LogP contribution >= 0.6 is 12.2 Å². The average molecular weight is 278 g/mol. The first kappa shape index (κ1) is 15.6. The number of carbonyl (C=O) groups excluding carboxylic acids is 1. The molecule has 1 unspecified atom stereocenters. The molecule has 0 aromatic heterocycles. The molecule has 0 aliphatic rings. The molecule has 104 valence electrons. The molecule has 0 aliphatic heterocycles. The van der Waals surface area contributed by atoms with Gasteiger partial charge in [0.25, 0.3) is 5.91 Å². The van der Waals surface area contributed by atoms with E-state index in [4.69, 9.17) is 18.0 Å². The Morgan fingerprint density at radius 3 is 2.11 bits per heavy atom. The molecular weight excluding hydrogens is 256 g/mol. The maximum Gasteiger partial charge on any atom is 0.254 e. The summed E-state index contributed by atoms with van der Waals surface area (Å²) in [6, 6.07) is 7.45. The third kappa shape index (κ3) is 3.77. The predicted molar refractivity (Wildman–Crippen MR) is 83.5 cm³/mol. The van der Waals surface area contributed by atoms with Crippen molar-refractivity contribution < 1.29 is 4.79 Å². The summed E-state index contributed by atoms with van der Waals surface area (Å²) >= 11 is 4.92. The molecule has 1 atom stereocenters. The normalized spacial score (nSPS) is 12.9. The number of rotatable bonds is 3. The van der Waals surface area contributed by atoms with Gasteiger partial charge in [-0.15, -0.1) is 0 Å². The molecule has 1 rings (SSSR count). The van der Waals surface area contributed by atoms with Gasteiger partial charge < -0.3 is 10.6 Å². The summed E-state index contributed by atoms with van der Waals surface area (Å²) in [5.74, 6) is -0.0687. The zero-order chi connectivity index (χ0) is 14.8. The first-order valence-electron chi connectivity index (χ1n) is 6.31. The summed E-state index contributed by atoms with van der Waals surface area (Å²) in [5.41, 5.74) is 7.51. The Morgan fingerprint density at radius 1 is 1.26 bits per heavy atom. The van der Waals surface area contributed by atoms with E-state index < -0.39 is 0 Å². The van der Waals surface area contributed by atoms with Gasteiger partial charge in [-0.1, -0.05) is 45.1 Å². The van der Waals surface area contributed by atoms with Gasteiger partial charge in [-0.2, -0.15) is 0 Å². The van der Waals surface area contributed by atoms with E-state index >= 15 is 0 Å². The van der Waals surface area contributed by atoms with Gasteiger partial charge in [-0.25, -0.2) is 0 Å². The fourth-order valence-corrected chi connectivity index (χ4v) is 1.84. The monoisotopic (exact) mass is 278 g/mol. The van der Waals surface area contributed by atoms with Crippen LogP contribution in [0, 0.1) is 0 Å². The fraction of sp³-hybridized carbons (Fsp3) is 0.467. The minimum atomic E-state index is -0.246. The molecule has 19 heavy (non-hydrogen) atoms. The Hall–Kier alpha value is -1.42. The van der Waals surface area contributed by atoms with E-state index in [1.165, 1.54) is 5.56 Å². The van der Waals surface area contributed by atoms with Gasteiger partial charge in [0.1, 0.15) is 0 Å². The molecule has 0 saturated heterocycles. The second kappa shape index (κ2) is 5.70. The number of likely N-dealkylation sites (N-methyl/N-ethyl adjacent to an activating group) is 1. The van der Waals surface area contributed by atoms with E-state index in [2.05, 4.69) is 20.8 Å². The number of amides is 1. The maximum atomic E-state index is 12.3. The van der Waals surface area contributed by atoms with Crippen LogP contribution < -0.4 is 5.73 Å². The van der Waals surface area contributed by atoms with Crippen LogP contribution in [0.4, 0.5) is 0 Å². The molecule has 1 aromatic rings. The SMILES string of the molecule is CC(C(N)=S)N(C)C(=O)c1ccc(C(C)(C)C)cc1. The number of nitrogens with zero attached hydrogens (tertiary/aromatic N) is 1. The number of thiocarbonyl (C=S) groups is 1. The van der Waals surface area contributed by atoms with Crippen LogP contribution in [0.3, 0.4) is 0 Å². The Morgan fingerprint density at radius 2 is 1.74 bits per heavy atom. The largest absolute Gasteiger partial charge is 0.392 e. The lowest BCUT2D eigenvalue weighted by Gasteiger charge is -2.24. The van der Waals surface area contributed by atoms with Crippen molar-refractivity contribution in [2.24, 2.45) is 5.73 Å². The van der Waals surface area contributed by atoms with Gasteiger partial charge >= 0.3 is 0 Å². The van der Waals surface area contributed by atoms with Gasteiger partial charge in [0.15, 0.2) is 0 Å². The van der Waals surface area contributed by atoms with E-state index in [1.807, 2.05) is 31.2 Å². The van der Waals surface area contributed by atoms with Gasteiger partial charge in [-0.3, -0.25) is 4.79 Å². The van der Waals surface area contributed by atoms with E-state index in [0.717, 1.165) is 0 Å². The van der Waals surface area contributed by atoms with Gasteiger partial charge in [-0.05, 0) is 30.0 Å². The molecule has 0 radical (unpaired) electrons.